The fourth-order valence-corrected chi connectivity index (χ4v) is 1.08. The predicted octanol–water partition coefficient (Wildman–Crippen LogP) is 1.46. The molecule has 0 radical (unpaired) electrons. The van der Waals surface area contributed by atoms with E-state index in [0.717, 1.165) is 12.8 Å². The number of carbonyl (C=O) groups excluding carboxylic acids is 1. The summed E-state index contributed by atoms with van der Waals surface area (Å²) in [5, 5.41) is 9.59. The van der Waals surface area contributed by atoms with E-state index in [1.54, 1.807) is 12.1 Å². The summed E-state index contributed by atoms with van der Waals surface area (Å²) in [5.41, 5.74) is 0.506. The number of esters is 1. The Morgan fingerprint density at radius 1 is 1.53 bits per heavy atom. The van der Waals surface area contributed by atoms with Gasteiger partial charge in [-0.05, 0) is 24.1 Å². The van der Waals surface area contributed by atoms with Crippen LogP contribution in [0.2, 0.25) is 0 Å². The van der Waals surface area contributed by atoms with Crippen LogP contribution in [0, 0.1) is 0 Å². The van der Waals surface area contributed by atoms with Gasteiger partial charge >= 0.3 is 5.97 Å². The molecule has 1 aromatic rings. The molecule has 1 heterocycles. The number of pyridine rings is 1. The lowest BCUT2D eigenvalue weighted by atomic mass is 10.1. The molecule has 0 aliphatic heterocycles. The average Bonchev–Trinajstić information content (AvgIpc) is 2.29. The SMILES string of the molecule is CCCCOC(=O)C(O)c1ccncc1. The second kappa shape index (κ2) is 6.14. The first-order valence-corrected chi connectivity index (χ1v) is 5.00. The van der Waals surface area contributed by atoms with Crippen LogP contribution in [0.4, 0.5) is 0 Å². The van der Waals surface area contributed by atoms with Crippen molar-refractivity contribution in [1.29, 1.82) is 0 Å². The Hall–Kier alpha value is -1.42. The van der Waals surface area contributed by atoms with Crippen molar-refractivity contribution >= 4 is 5.97 Å². The van der Waals surface area contributed by atoms with Gasteiger partial charge in [-0.15, -0.1) is 0 Å². The number of nitrogens with zero attached hydrogens (tertiary/aromatic N) is 1. The second-order valence-corrected chi connectivity index (χ2v) is 3.20. The quantitative estimate of drug-likeness (QED) is 0.589. The zero-order valence-electron chi connectivity index (χ0n) is 8.72. The number of aromatic nitrogens is 1. The van der Waals surface area contributed by atoms with Crippen LogP contribution in [0.15, 0.2) is 24.5 Å². The number of ether oxygens (including phenoxy) is 1. The van der Waals surface area contributed by atoms with Crippen molar-refractivity contribution in [3.63, 3.8) is 0 Å². The molecule has 0 bridgehead atoms. The van der Waals surface area contributed by atoms with Crippen LogP contribution in [-0.2, 0) is 9.53 Å². The minimum Gasteiger partial charge on any atom is -0.464 e. The first kappa shape index (κ1) is 11.7. The van der Waals surface area contributed by atoms with Gasteiger partial charge in [0, 0.05) is 12.4 Å². The molecule has 0 saturated carbocycles. The molecule has 82 valence electrons. The molecule has 0 aliphatic carbocycles. The van der Waals surface area contributed by atoms with Gasteiger partial charge in [0.15, 0.2) is 6.10 Å². The van der Waals surface area contributed by atoms with Crippen LogP contribution < -0.4 is 0 Å². The molecule has 0 spiro atoms. The highest BCUT2D eigenvalue weighted by molar-refractivity contribution is 5.76. The number of hydrogen-bond donors (Lipinski definition) is 1. The van der Waals surface area contributed by atoms with Crippen molar-refractivity contribution in [3.05, 3.63) is 30.1 Å². The van der Waals surface area contributed by atoms with E-state index >= 15 is 0 Å². The maximum atomic E-state index is 11.3. The summed E-state index contributed by atoms with van der Waals surface area (Å²) in [6, 6.07) is 3.18. The van der Waals surface area contributed by atoms with Crippen LogP contribution in [0.1, 0.15) is 31.4 Å². The maximum Gasteiger partial charge on any atom is 0.339 e. The van der Waals surface area contributed by atoms with Crippen LogP contribution in [0.5, 0.6) is 0 Å². The molecule has 0 amide bonds. The van der Waals surface area contributed by atoms with Crippen LogP contribution in [0.25, 0.3) is 0 Å². The van der Waals surface area contributed by atoms with E-state index in [1.165, 1.54) is 12.4 Å². The standard InChI is InChI=1S/C11H15NO3/c1-2-3-8-15-11(14)10(13)9-4-6-12-7-5-9/h4-7,10,13H,2-3,8H2,1H3. The van der Waals surface area contributed by atoms with Gasteiger partial charge < -0.3 is 9.84 Å². The van der Waals surface area contributed by atoms with Gasteiger partial charge in [0.2, 0.25) is 0 Å². The fraction of sp³-hybridized carbons (Fsp3) is 0.455. The molecule has 1 atom stereocenters. The number of aliphatic hydroxyl groups is 1. The molecule has 0 aromatic carbocycles. The van der Waals surface area contributed by atoms with Crippen molar-refractivity contribution in [2.24, 2.45) is 0 Å². The third-order valence-corrected chi connectivity index (χ3v) is 1.99. The average molecular weight is 209 g/mol. The Labute approximate surface area is 88.9 Å². The predicted molar refractivity (Wildman–Crippen MR) is 55.1 cm³/mol. The molecule has 1 N–H and O–H groups in total. The molecule has 0 aliphatic rings. The largest absolute Gasteiger partial charge is 0.464 e. The number of hydrogen-bond acceptors (Lipinski definition) is 4. The number of carbonyl (C=O) groups is 1. The van der Waals surface area contributed by atoms with Crippen LogP contribution in [-0.4, -0.2) is 22.7 Å². The number of aliphatic hydroxyl groups excluding tert-OH is 1. The van der Waals surface area contributed by atoms with E-state index in [9.17, 15) is 9.90 Å². The molecule has 1 unspecified atom stereocenters. The number of rotatable bonds is 5. The van der Waals surface area contributed by atoms with E-state index in [0.29, 0.717) is 12.2 Å². The minimum atomic E-state index is -1.20. The normalized spacial score (nSPS) is 12.1. The van der Waals surface area contributed by atoms with E-state index in [-0.39, 0.29) is 0 Å². The molecule has 0 saturated heterocycles. The minimum absolute atomic E-state index is 0.359. The fourth-order valence-electron chi connectivity index (χ4n) is 1.08. The summed E-state index contributed by atoms with van der Waals surface area (Å²) < 4.78 is 4.89. The van der Waals surface area contributed by atoms with Gasteiger partial charge in [-0.25, -0.2) is 4.79 Å². The van der Waals surface area contributed by atoms with Crippen molar-refractivity contribution in [1.82, 2.24) is 4.98 Å². The van der Waals surface area contributed by atoms with Crippen molar-refractivity contribution < 1.29 is 14.6 Å². The monoisotopic (exact) mass is 209 g/mol. The molecule has 1 aromatic heterocycles. The Morgan fingerprint density at radius 2 is 2.20 bits per heavy atom. The third-order valence-electron chi connectivity index (χ3n) is 1.99. The Balaban J connectivity index is 2.46. The Bertz CT molecular complexity index is 300. The number of unbranched alkanes of at least 4 members (excludes halogenated alkanes) is 1. The first-order valence-electron chi connectivity index (χ1n) is 5.00. The summed E-state index contributed by atoms with van der Waals surface area (Å²) >= 11 is 0. The van der Waals surface area contributed by atoms with E-state index in [2.05, 4.69) is 4.98 Å². The third kappa shape index (κ3) is 3.67. The van der Waals surface area contributed by atoms with Gasteiger partial charge in [0.05, 0.1) is 6.61 Å². The smallest absolute Gasteiger partial charge is 0.339 e. The highest BCUT2D eigenvalue weighted by atomic mass is 16.5. The van der Waals surface area contributed by atoms with Gasteiger partial charge in [0.1, 0.15) is 0 Å². The van der Waals surface area contributed by atoms with Gasteiger partial charge in [-0.3, -0.25) is 4.98 Å². The summed E-state index contributed by atoms with van der Waals surface area (Å²) in [5.74, 6) is -0.602. The molecule has 4 nitrogen and oxygen atoms in total. The van der Waals surface area contributed by atoms with Crippen molar-refractivity contribution in [2.45, 2.75) is 25.9 Å². The topological polar surface area (TPSA) is 59.4 Å². The Kier molecular flexibility index (Phi) is 4.77. The molecule has 4 heteroatoms. The van der Waals surface area contributed by atoms with Crippen LogP contribution in [0.3, 0.4) is 0 Å². The highest BCUT2D eigenvalue weighted by Crippen LogP contribution is 2.12. The summed E-state index contributed by atoms with van der Waals surface area (Å²) in [4.78, 5) is 15.1. The lowest BCUT2D eigenvalue weighted by Crippen LogP contribution is -2.16. The lowest BCUT2D eigenvalue weighted by Gasteiger charge is -2.09. The molecular formula is C11H15NO3. The van der Waals surface area contributed by atoms with E-state index in [1.807, 2.05) is 6.92 Å². The maximum absolute atomic E-state index is 11.3. The highest BCUT2D eigenvalue weighted by Gasteiger charge is 2.18. The summed E-state index contributed by atoms with van der Waals surface area (Å²) in [7, 11) is 0. The first-order chi connectivity index (χ1) is 7.25. The van der Waals surface area contributed by atoms with E-state index < -0.39 is 12.1 Å². The molecule has 15 heavy (non-hydrogen) atoms. The van der Waals surface area contributed by atoms with E-state index in [4.69, 9.17) is 4.74 Å². The summed E-state index contributed by atoms with van der Waals surface area (Å²) in [6.07, 6.45) is 3.62. The molecular weight excluding hydrogens is 194 g/mol. The molecule has 1 rings (SSSR count). The van der Waals surface area contributed by atoms with Gasteiger partial charge in [0.25, 0.3) is 0 Å². The van der Waals surface area contributed by atoms with Crippen LogP contribution >= 0.6 is 0 Å². The van der Waals surface area contributed by atoms with Gasteiger partial charge in [-0.2, -0.15) is 0 Å². The van der Waals surface area contributed by atoms with Crippen molar-refractivity contribution in [2.75, 3.05) is 6.61 Å². The second-order valence-electron chi connectivity index (χ2n) is 3.20. The zero-order chi connectivity index (χ0) is 11.1. The van der Waals surface area contributed by atoms with Crippen molar-refractivity contribution in [3.8, 4) is 0 Å². The Morgan fingerprint density at radius 3 is 2.80 bits per heavy atom. The van der Waals surface area contributed by atoms with Gasteiger partial charge in [-0.1, -0.05) is 13.3 Å². The molecule has 0 fully saturated rings. The summed E-state index contributed by atoms with van der Waals surface area (Å²) in [6.45, 7) is 2.37. The zero-order valence-corrected chi connectivity index (χ0v) is 8.72. The lowest BCUT2D eigenvalue weighted by molar-refractivity contribution is -0.154.